The number of rotatable bonds is 6. The van der Waals surface area contributed by atoms with Crippen LogP contribution in [0, 0.1) is 21.8 Å². The van der Waals surface area contributed by atoms with Crippen LogP contribution in [0.1, 0.15) is 38.3 Å². The number of hydrogen-bond donors (Lipinski definition) is 1. The Labute approximate surface area is 155 Å². The third-order valence-corrected chi connectivity index (χ3v) is 4.16. The Balaban J connectivity index is 0.00000264. The van der Waals surface area contributed by atoms with E-state index in [1.54, 1.807) is 6.07 Å². The molecule has 0 spiro atoms. The largest absolute Gasteiger partial charge is 0.314 e. The summed E-state index contributed by atoms with van der Waals surface area (Å²) < 4.78 is 13.6. The number of hydrogen-bond acceptors (Lipinski definition) is 4. The molecule has 0 unspecified atom stereocenters. The van der Waals surface area contributed by atoms with Crippen LogP contribution < -0.4 is 5.32 Å². The molecule has 24 heavy (non-hydrogen) atoms. The van der Waals surface area contributed by atoms with Crippen molar-refractivity contribution < 1.29 is 9.31 Å². The fourth-order valence-electron chi connectivity index (χ4n) is 2.92. The van der Waals surface area contributed by atoms with Gasteiger partial charge in [0.25, 0.3) is 0 Å². The molecule has 138 valence electrons. The second-order valence-corrected chi connectivity index (χ2v) is 6.24. The van der Waals surface area contributed by atoms with Gasteiger partial charge in [-0.3, -0.25) is 15.0 Å². The topological polar surface area (TPSA) is 58.4 Å². The molecule has 5 nitrogen and oxygen atoms in total. The van der Waals surface area contributed by atoms with Crippen LogP contribution in [0.3, 0.4) is 0 Å². The predicted octanol–water partition coefficient (Wildman–Crippen LogP) is 3.96. The Morgan fingerprint density at radius 1 is 1.25 bits per heavy atom. The number of nitrogens with zero attached hydrogens (tertiary/aromatic N) is 2. The van der Waals surface area contributed by atoms with E-state index in [9.17, 15) is 14.5 Å². The van der Waals surface area contributed by atoms with E-state index in [2.05, 4.69) is 24.1 Å². The van der Waals surface area contributed by atoms with Gasteiger partial charge in [0, 0.05) is 38.3 Å². The monoisotopic (exact) mass is 381 g/mol. The van der Waals surface area contributed by atoms with Gasteiger partial charge < -0.3 is 5.32 Å². The summed E-state index contributed by atoms with van der Waals surface area (Å²) in [6, 6.07) is 4.43. The Bertz CT molecular complexity index is 526. The third-order valence-electron chi connectivity index (χ3n) is 4.16. The molecule has 0 aliphatic carbocycles. The summed E-state index contributed by atoms with van der Waals surface area (Å²) in [6.45, 7) is 7.99. The molecule has 1 aliphatic heterocycles. The molecular formula is C16H26Cl2FN3O2. The van der Waals surface area contributed by atoms with E-state index >= 15 is 0 Å². The van der Waals surface area contributed by atoms with Crippen molar-refractivity contribution in [3.05, 3.63) is 39.7 Å². The fourth-order valence-corrected chi connectivity index (χ4v) is 2.92. The van der Waals surface area contributed by atoms with Crippen molar-refractivity contribution in [2.75, 3.05) is 26.2 Å². The lowest BCUT2D eigenvalue weighted by Gasteiger charge is -2.35. The van der Waals surface area contributed by atoms with Crippen molar-refractivity contribution in [3.8, 4) is 0 Å². The molecule has 1 fully saturated rings. The van der Waals surface area contributed by atoms with Gasteiger partial charge >= 0.3 is 5.69 Å². The van der Waals surface area contributed by atoms with E-state index in [1.807, 2.05) is 0 Å². The highest BCUT2D eigenvalue weighted by Crippen LogP contribution is 2.31. The molecule has 1 atom stereocenters. The Kier molecular flexibility index (Phi) is 10.4. The first-order valence-corrected chi connectivity index (χ1v) is 7.87. The minimum Gasteiger partial charge on any atom is -0.314 e. The first kappa shape index (κ1) is 23.1. The Hall–Kier alpha value is -0.950. The van der Waals surface area contributed by atoms with Crippen LogP contribution in [-0.4, -0.2) is 36.0 Å². The SMILES string of the molecule is CC(C)CC[C@H](c1ccc(F)c([N+](=O)[O-])c1)N1CCNCC1.Cl.Cl. The minimum atomic E-state index is -0.767. The van der Waals surface area contributed by atoms with E-state index in [1.165, 1.54) is 12.1 Å². The quantitative estimate of drug-likeness (QED) is 0.598. The van der Waals surface area contributed by atoms with E-state index in [0.717, 1.165) is 44.6 Å². The number of nitro groups is 1. The molecule has 1 aliphatic rings. The van der Waals surface area contributed by atoms with Crippen LogP contribution in [-0.2, 0) is 0 Å². The zero-order chi connectivity index (χ0) is 16.1. The molecule has 8 heteroatoms. The normalized spacial score (nSPS) is 16.2. The maximum absolute atomic E-state index is 13.6. The molecule has 0 radical (unpaired) electrons. The lowest BCUT2D eigenvalue weighted by molar-refractivity contribution is -0.387. The van der Waals surface area contributed by atoms with E-state index in [0.29, 0.717) is 5.92 Å². The molecule has 1 aromatic carbocycles. The van der Waals surface area contributed by atoms with Gasteiger partial charge in [-0.25, -0.2) is 0 Å². The van der Waals surface area contributed by atoms with Crippen LogP contribution in [0.4, 0.5) is 10.1 Å². The van der Waals surface area contributed by atoms with Gasteiger partial charge in [-0.15, -0.1) is 24.8 Å². The maximum atomic E-state index is 13.6. The molecule has 1 N–H and O–H groups in total. The molecule has 1 saturated heterocycles. The van der Waals surface area contributed by atoms with Crippen molar-refractivity contribution in [3.63, 3.8) is 0 Å². The van der Waals surface area contributed by atoms with Gasteiger partial charge in [-0.1, -0.05) is 19.9 Å². The highest BCUT2D eigenvalue weighted by atomic mass is 35.5. The van der Waals surface area contributed by atoms with Gasteiger partial charge in [0.1, 0.15) is 0 Å². The fraction of sp³-hybridized carbons (Fsp3) is 0.625. The molecule has 0 amide bonds. The average molecular weight is 382 g/mol. The van der Waals surface area contributed by atoms with Crippen LogP contribution >= 0.6 is 24.8 Å². The lowest BCUT2D eigenvalue weighted by atomic mass is 9.95. The molecule has 0 saturated carbocycles. The molecular weight excluding hydrogens is 356 g/mol. The highest BCUT2D eigenvalue weighted by molar-refractivity contribution is 5.85. The van der Waals surface area contributed by atoms with Crippen molar-refractivity contribution in [2.24, 2.45) is 5.92 Å². The molecule has 0 aromatic heterocycles. The van der Waals surface area contributed by atoms with Gasteiger partial charge in [-0.05, 0) is 30.4 Å². The Morgan fingerprint density at radius 3 is 2.42 bits per heavy atom. The number of benzene rings is 1. The summed E-state index contributed by atoms with van der Waals surface area (Å²) in [7, 11) is 0. The van der Waals surface area contributed by atoms with E-state index < -0.39 is 16.4 Å². The second kappa shape index (κ2) is 10.8. The maximum Gasteiger partial charge on any atom is 0.305 e. The summed E-state index contributed by atoms with van der Waals surface area (Å²) in [6.07, 6.45) is 1.97. The third kappa shape index (κ3) is 6.16. The molecule has 2 rings (SSSR count). The lowest BCUT2D eigenvalue weighted by Crippen LogP contribution is -2.45. The van der Waals surface area contributed by atoms with Gasteiger partial charge in [0.15, 0.2) is 0 Å². The summed E-state index contributed by atoms with van der Waals surface area (Å²) in [5.74, 6) is -0.197. The van der Waals surface area contributed by atoms with Gasteiger partial charge in [0.05, 0.1) is 4.92 Å². The smallest absolute Gasteiger partial charge is 0.305 e. The summed E-state index contributed by atoms with van der Waals surface area (Å²) in [5.41, 5.74) is 0.415. The van der Waals surface area contributed by atoms with Crippen molar-refractivity contribution >= 4 is 30.5 Å². The zero-order valence-electron chi connectivity index (χ0n) is 14.0. The summed E-state index contributed by atoms with van der Waals surface area (Å²) >= 11 is 0. The molecule has 0 bridgehead atoms. The van der Waals surface area contributed by atoms with E-state index in [-0.39, 0.29) is 30.9 Å². The molecule has 1 aromatic rings. The van der Waals surface area contributed by atoms with Crippen molar-refractivity contribution in [1.29, 1.82) is 0 Å². The first-order chi connectivity index (χ1) is 10.5. The Morgan fingerprint density at radius 2 is 1.88 bits per heavy atom. The minimum absolute atomic E-state index is 0. The zero-order valence-corrected chi connectivity index (χ0v) is 15.7. The molecule has 1 heterocycles. The summed E-state index contributed by atoms with van der Waals surface area (Å²) in [4.78, 5) is 12.7. The predicted molar refractivity (Wildman–Crippen MR) is 98.8 cm³/mol. The number of nitro benzene ring substituents is 1. The van der Waals surface area contributed by atoms with Gasteiger partial charge in [0.2, 0.25) is 5.82 Å². The first-order valence-electron chi connectivity index (χ1n) is 7.87. The van der Waals surface area contributed by atoms with Crippen LogP contribution in [0.2, 0.25) is 0 Å². The van der Waals surface area contributed by atoms with E-state index in [4.69, 9.17) is 0 Å². The number of nitrogens with one attached hydrogen (secondary N) is 1. The number of piperazine rings is 1. The van der Waals surface area contributed by atoms with Crippen molar-refractivity contribution in [1.82, 2.24) is 10.2 Å². The van der Waals surface area contributed by atoms with Crippen molar-refractivity contribution in [2.45, 2.75) is 32.7 Å². The van der Waals surface area contributed by atoms with Crippen LogP contribution in [0.5, 0.6) is 0 Å². The standard InChI is InChI=1S/C16H24FN3O2.2ClH/c1-12(2)3-6-15(19-9-7-18-8-10-19)13-4-5-14(17)16(11-13)20(21)22;;/h4-5,11-12,15,18H,3,6-10H2,1-2H3;2*1H/t15-;;/m1../s1. The summed E-state index contributed by atoms with van der Waals surface area (Å²) in [5, 5.41) is 14.3. The highest BCUT2D eigenvalue weighted by Gasteiger charge is 2.25. The van der Waals surface area contributed by atoms with Crippen LogP contribution in [0.15, 0.2) is 18.2 Å². The van der Waals surface area contributed by atoms with Crippen LogP contribution in [0.25, 0.3) is 0 Å². The number of halogens is 3. The van der Waals surface area contributed by atoms with Gasteiger partial charge in [-0.2, -0.15) is 4.39 Å². The second-order valence-electron chi connectivity index (χ2n) is 6.24. The average Bonchev–Trinajstić information content (AvgIpc) is 2.49.